The Labute approximate surface area is 104 Å². The van der Waals surface area contributed by atoms with Crippen LogP contribution in [0, 0.1) is 0 Å². The van der Waals surface area contributed by atoms with Gasteiger partial charge < -0.3 is 10.0 Å². The van der Waals surface area contributed by atoms with Crippen molar-refractivity contribution in [1.29, 1.82) is 0 Å². The summed E-state index contributed by atoms with van der Waals surface area (Å²) in [4.78, 5) is 4.70. The summed E-state index contributed by atoms with van der Waals surface area (Å²) in [7, 11) is 2.15. The van der Waals surface area contributed by atoms with E-state index >= 15 is 0 Å². The lowest BCUT2D eigenvalue weighted by Crippen LogP contribution is -2.49. The van der Waals surface area contributed by atoms with Gasteiger partial charge in [-0.25, -0.2) is 0 Å². The molecule has 3 heteroatoms. The van der Waals surface area contributed by atoms with Crippen LogP contribution in [-0.4, -0.2) is 54.2 Å². The number of rotatable bonds is 3. The quantitative estimate of drug-likeness (QED) is 0.855. The van der Waals surface area contributed by atoms with Crippen LogP contribution in [-0.2, 0) is 0 Å². The van der Waals surface area contributed by atoms with Crippen molar-refractivity contribution >= 4 is 0 Å². The molecule has 0 radical (unpaired) electrons. The normalized spacial score (nSPS) is 22.3. The van der Waals surface area contributed by atoms with Crippen LogP contribution >= 0.6 is 0 Å². The molecule has 1 aromatic rings. The van der Waals surface area contributed by atoms with E-state index in [0.717, 1.165) is 31.7 Å². The van der Waals surface area contributed by atoms with Crippen LogP contribution < -0.4 is 0 Å². The third-order valence-corrected chi connectivity index (χ3v) is 3.71. The molecule has 1 saturated heterocycles. The zero-order valence-electron chi connectivity index (χ0n) is 10.7. The second-order valence-electron chi connectivity index (χ2n) is 4.94. The topological polar surface area (TPSA) is 26.7 Å². The van der Waals surface area contributed by atoms with E-state index in [1.165, 1.54) is 0 Å². The average molecular weight is 234 g/mol. The molecule has 2 rings (SSSR count). The van der Waals surface area contributed by atoms with Gasteiger partial charge in [0.25, 0.3) is 0 Å². The lowest BCUT2D eigenvalue weighted by Gasteiger charge is -2.38. The third kappa shape index (κ3) is 3.06. The largest absolute Gasteiger partial charge is 0.387 e. The van der Waals surface area contributed by atoms with Crippen molar-refractivity contribution in [3.8, 4) is 0 Å². The molecule has 0 aromatic heterocycles. The highest BCUT2D eigenvalue weighted by Gasteiger charge is 2.25. The summed E-state index contributed by atoms with van der Waals surface area (Å²) >= 11 is 0. The molecule has 2 atom stereocenters. The molecular weight excluding hydrogens is 212 g/mol. The van der Waals surface area contributed by atoms with E-state index in [2.05, 4.69) is 23.8 Å². The van der Waals surface area contributed by atoms with E-state index in [-0.39, 0.29) is 12.1 Å². The van der Waals surface area contributed by atoms with Crippen LogP contribution in [0.15, 0.2) is 30.3 Å². The average Bonchev–Trinajstić information content (AvgIpc) is 2.39. The second-order valence-corrected chi connectivity index (χ2v) is 4.94. The SMILES string of the molecule is CC(C(O)c1ccccc1)N1CCN(C)CC1. The van der Waals surface area contributed by atoms with Crippen LogP contribution in [0.3, 0.4) is 0 Å². The van der Waals surface area contributed by atoms with Gasteiger partial charge in [0.2, 0.25) is 0 Å². The fourth-order valence-corrected chi connectivity index (χ4v) is 2.36. The number of piperazine rings is 1. The van der Waals surface area contributed by atoms with Gasteiger partial charge in [-0.2, -0.15) is 0 Å². The Morgan fingerprint density at radius 3 is 2.24 bits per heavy atom. The summed E-state index contributed by atoms with van der Waals surface area (Å²) in [6.07, 6.45) is -0.389. The standard InChI is InChI=1S/C14H22N2O/c1-12(16-10-8-15(2)9-11-16)14(17)13-6-4-3-5-7-13/h3-7,12,14,17H,8-11H2,1-2H3. The molecule has 1 N–H and O–H groups in total. The van der Waals surface area contributed by atoms with Crippen LogP contribution in [0.25, 0.3) is 0 Å². The molecule has 1 heterocycles. The van der Waals surface area contributed by atoms with Gasteiger partial charge in [0.1, 0.15) is 0 Å². The Hall–Kier alpha value is -0.900. The molecule has 0 bridgehead atoms. The monoisotopic (exact) mass is 234 g/mol. The number of aliphatic hydroxyl groups is 1. The van der Waals surface area contributed by atoms with Gasteiger partial charge in [0.15, 0.2) is 0 Å². The first kappa shape index (κ1) is 12.6. The maximum atomic E-state index is 10.4. The van der Waals surface area contributed by atoms with E-state index < -0.39 is 0 Å². The van der Waals surface area contributed by atoms with E-state index in [1.807, 2.05) is 30.3 Å². The van der Waals surface area contributed by atoms with E-state index in [9.17, 15) is 5.11 Å². The Bertz CT molecular complexity index is 333. The predicted octanol–water partition coefficient (Wildman–Crippen LogP) is 1.36. The highest BCUT2D eigenvalue weighted by atomic mass is 16.3. The predicted molar refractivity (Wildman–Crippen MR) is 69.9 cm³/mol. The van der Waals surface area contributed by atoms with E-state index in [4.69, 9.17) is 0 Å². The van der Waals surface area contributed by atoms with Crippen LogP contribution in [0.5, 0.6) is 0 Å². The number of hydrogen-bond donors (Lipinski definition) is 1. The molecule has 1 aromatic carbocycles. The fraction of sp³-hybridized carbons (Fsp3) is 0.571. The Kier molecular flexibility index (Phi) is 4.15. The molecule has 0 aliphatic carbocycles. The minimum absolute atomic E-state index is 0.186. The molecule has 94 valence electrons. The second kappa shape index (κ2) is 5.63. The molecular formula is C14H22N2O. The molecule has 1 aliphatic heterocycles. The first-order valence-corrected chi connectivity index (χ1v) is 6.34. The van der Waals surface area contributed by atoms with Crippen LogP contribution in [0.1, 0.15) is 18.6 Å². The van der Waals surface area contributed by atoms with Gasteiger partial charge in [-0.05, 0) is 19.5 Å². The number of aliphatic hydroxyl groups excluding tert-OH is 1. The molecule has 17 heavy (non-hydrogen) atoms. The highest BCUT2D eigenvalue weighted by Crippen LogP contribution is 2.21. The zero-order valence-corrected chi connectivity index (χ0v) is 10.7. The lowest BCUT2D eigenvalue weighted by atomic mass is 10.0. The van der Waals surface area contributed by atoms with Gasteiger partial charge >= 0.3 is 0 Å². The van der Waals surface area contributed by atoms with Crippen molar-refractivity contribution in [2.75, 3.05) is 33.2 Å². The van der Waals surface area contributed by atoms with Crippen molar-refractivity contribution in [2.45, 2.75) is 19.1 Å². The summed E-state index contributed by atoms with van der Waals surface area (Å²) < 4.78 is 0. The van der Waals surface area contributed by atoms with Crippen molar-refractivity contribution in [1.82, 2.24) is 9.80 Å². The first-order chi connectivity index (χ1) is 8.18. The maximum absolute atomic E-state index is 10.4. The summed E-state index contributed by atoms with van der Waals surface area (Å²) in [5, 5.41) is 10.4. The van der Waals surface area contributed by atoms with E-state index in [1.54, 1.807) is 0 Å². The van der Waals surface area contributed by atoms with Crippen molar-refractivity contribution < 1.29 is 5.11 Å². The summed E-state index contributed by atoms with van der Waals surface area (Å²) in [6, 6.07) is 10.1. The Morgan fingerprint density at radius 2 is 1.65 bits per heavy atom. The summed E-state index contributed by atoms with van der Waals surface area (Å²) in [5.41, 5.74) is 1.01. The lowest BCUT2D eigenvalue weighted by molar-refractivity contribution is 0.0315. The summed E-state index contributed by atoms with van der Waals surface area (Å²) in [5.74, 6) is 0. The van der Waals surface area contributed by atoms with Gasteiger partial charge in [0.05, 0.1) is 6.10 Å². The molecule has 3 nitrogen and oxygen atoms in total. The molecule has 0 spiro atoms. The number of nitrogens with zero attached hydrogens (tertiary/aromatic N) is 2. The van der Waals surface area contributed by atoms with Gasteiger partial charge in [-0.1, -0.05) is 30.3 Å². The first-order valence-electron chi connectivity index (χ1n) is 6.34. The number of hydrogen-bond acceptors (Lipinski definition) is 3. The highest BCUT2D eigenvalue weighted by molar-refractivity contribution is 5.18. The van der Waals surface area contributed by atoms with Crippen LogP contribution in [0.4, 0.5) is 0 Å². The third-order valence-electron chi connectivity index (χ3n) is 3.71. The van der Waals surface area contributed by atoms with Gasteiger partial charge in [-0.3, -0.25) is 4.90 Å². The van der Waals surface area contributed by atoms with Crippen LogP contribution in [0.2, 0.25) is 0 Å². The molecule has 2 unspecified atom stereocenters. The van der Waals surface area contributed by atoms with E-state index in [0.29, 0.717) is 0 Å². The molecule has 0 amide bonds. The summed E-state index contributed by atoms with van der Waals surface area (Å²) in [6.45, 7) is 6.38. The molecule has 1 fully saturated rings. The Balaban J connectivity index is 1.98. The smallest absolute Gasteiger partial charge is 0.0942 e. The van der Waals surface area contributed by atoms with Crippen molar-refractivity contribution in [2.24, 2.45) is 0 Å². The minimum atomic E-state index is -0.389. The minimum Gasteiger partial charge on any atom is -0.387 e. The number of likely N-dealkylation sites (N-methyl/N-ethyl adjacent to an activating group) is 1. The zero-order chi connectivity index (χ0) is 12.3. The maximum Gasteiger partial charge on any atom is 0.0942 e. The fourth-order valence-electron chi connectivity index (χ4n) is 2.36. The number of benzene rings is 1. The molecule has 1 aliphatic rings. The van der Waals surface area contributed by atoms with Gasteiger partial charge in [-0.15, -0.1) is 0 Å². The van der Waals surface area contributed by atoms with Crippen molar-refractivity contribution in [3.63, 3.8) is 0 Å². The Morgan fingerprint density at radius 1 is 1.06 bits per heavy atom. The molecule has 0 saturated carbocycles. The van der Waals surface area contributed by atoms with Gasteiger partial charge in [0, 0.05) is 32.2 Å². The van der Waals surface area contributed by atoms with Crippen molar-refractivity contribution in [3.05, 3.63) is 35.9 Å².